The third kappa shape index (κ3) is 3.43. The fourth-order valence-corrected chi connectivity index (χ4v) is 2.50. The quantitative estimate of drug-likeness (QED) is 0.677. The topological polar surface area (TPSA) is 46.5 Å². The second-order valence-corrected chi connectivity index (χ2v) is 5.31. The van der Waals surface area contributed by atoms with Gasteiger partial charge in [-0.2, -0.15) is 0 Å². The van der Waals surface area contributed by atoms with E-state index in [0.717, 1.165) is 27.8 Å². The van der Waals surface area contributed by atoms with Gasteiger partial charge < -0.3 is 9.84 Å². The van der Waals surface area contributed by atoms with Crippen LogP contribution in [0.2, 0.25) is 0 Å². The van der Waals surface area contributed by atoms with Crippen molar-refractivity contribution in [3.05, 3.63) is 76.5 Å². The summed E-state index contributed by atoms with van der Waals surface area (Å²) in [7, 11) is 0. The summed E-state index contributed by atoms with van der Waals surface area (Å²) in [4.78, 5) is 10.9. The molecule has 114 valence electrons. The minimum atomic E-state index is -0.889. The van der Waals surface area contributed by atoms with Crippen LogP contribution in [0.25, 0.3) is 5.57 Å². The molecule has 2 aromatic carbocycles. The lowest BCUT2D eigenvalue weighted by molar-refractivity contribution is -0.126. The zero-order valence-electron chi connectivity index (χ0n) is 13.0. The first-order valence-corrected chi connectivity index (χ1v) is 7.20. The summed E-state index contributed by atoms with van der Waals surface area (Å²) < 4.78 is 5.12. The van der Waals surface area contributed by atoms with Gasteiger partial charge >= 0.3 is 0 Å². The number of aliphatic hydroxyl groups excluding tert-OH is 1. The van der Waals surface area contributed by atoms with Crippen LogP contribution in [-0.4, -0.2) is 17.7 Å². The van der Waals surface area contributed by atoms with E-state index in [0.29, 0.717) is 6.47 Å². The zero-order valence-corrected chi connectivity index (χ0v) is 13.0. The van der Waals surface area contributed by atoms with Crippen LogP contribution < -0.4 is 0 Å². The minimum absolute atomic E-state index is 0.259. The molecule has 0 saturated heterocycles. The molecule has 0 spiro atoms. The van der Waals surface area contributed by atoms with E-state index in [2.05, 4.69) is 0 Å². The molecule has 1 N–H and O–H groups in total. The Labute approximate surface area is 130 Å². The first-order chi connectivity index (χ1) is 10.5. The highest BCUT2D eigenvalue weighted by molar-refractivity contribution is 5.84. The third-order valence-corrected chi connectivity index (χ3v) is 3.52. The predicted molar refractivity (Wildman–Crippen MR) is 87.2 cm³/mol. The van der Waals surface area contributed by atoms with Crippen molar-refractivity contribution in [1.29, 1.82) is 0 Å². The van der Waals surface area contributed by atoms with Gasteiger partial charge in [0.25, 0.3) is 6.47 Å². The van der Waals surface area contributed by atoms with E-state index in [9.17, 15) is 9.90 Å². The Morgan fingerprint density at radius 2 is 1.86 bits per heavy atom. The molecule has 0 aliphatic rings. The molecule has 0 radical (unpaired) electrons. The molecule has 0 bridgehead atoms. The Hall–Kier alpha value is -2.39. The van der Waals surface area contributed by atoms with Crippen molar-refractivity contribution in [2.75, 3.05) is 0 Å². The maximum atomic E-state index is 10.9. The second kappa shape index (κ2) is 7.05. The molecule has 0 saturated carbocycles. The Balaban J connectivity index is 2.77. The van der Waals surface area contributed by atoms with Crippen molar-refractivity contribution in [3.63, 3.8) is 0 Å². The van der Waals surface area contributed by atoms with Gasteiger partial charge in [0.2, 0.25) is 0 Å². The lowest BCUT2D eigenvalue weighted by atomic mass is 9.91. The number of aliphatic hydroxyl groups is 1. The molecule has 0 aliphatic carbocycles. The Morgan fingerprint density at radius 1 is 1.14 bits per heavy atom. The van der Waals surface area contributed by atoms with Crippen LogP contribution in [0.15, 0.2) is 54.3 Å². The number of ether oxygens (including phenoxy) is 1. The van der Waals surface area contributed by atoms with Gasteiger partial charge in [-0.15, -0.1) is 0 Å². The predicted octanol–water partition coefficient (Wildman–Crippen LogP) is 3.62. The molecular formula is C19H20O3. The van der Waals surface area contributed by atoms with Gasteiger partial charge in [-0.3, -0.25) is 4.79 Å². The van der Waals surface area contributed by atoms with Gasteiger partial charge in [0, 0.05) is 5.57 Å². The van der Waals surface area contributed by atoms with Crippen LogP contribution in [0, 0.1) is 13.8 Å². The Morgan fingerprint density at radius 3 is 2.45 bits per heavy atom. The van der Waals surface area contributed by atoms with E-state index >= 15 is 0 Å². The van der Waals surface area contributed by atoms with E-state index in [4.69, 9.17) is 4.74 Å². The average Bonchev–Trinajstić information content (AvgIpc) is 2.48. The number of aryl methyl sites for hydroxylation is 2. The van der Waals surface area contributed by atoms with Crippen LogP contribution >= 0.6 is 0 Å². The summed E-state index contributed by atoms with van der Waals surface area (Å²) in [5.74, 6) is 0.259. The Bertz CT molecular complexity index is 699. The van der Waals surface area contributed by atoms with Gasteiger partial charge in [0.15, 0.2) is 0 Å². The van der Waals surface area contributed by atoms with Gasteiger partial charge in [0.1, 0.15) is 11.9 Å². The fourth-order valence-electron chi connectivity index (χ4n) is 2.50. The zero-order chi connectivity index (χ0) is 16.1. The highest BCUT2D eigenvalue weighted by Crippen LogP contribution is 2.31. The maximum Gasteiger partial charge on any atom is 0.298 e. The summed E-state index contributed by atoms with van der Waals surface area (Å²) >= 11 is 0. The largest absolute Gasteiger partial charge is 0.430 e. The van der Waals surface area contributed by atoms with Crippen molar-refractivity contribution in [2.45, 2.75) is 26.9 Å². The van der Waals surface area contributed by atoms with Gasteiger partial charge in [-0.05, 0) is 37.5 Å². The van der Waals surface area contributed by atoms with Crippen LogP contribution in [0.4, 0.5) is 0 Å². The monoisotopic (exact) mass is 296 g/mol. The minimum Gasteiger partial charge on any atom is -0.430 e. The highest BCUT2D eigenvalue weighted by Gasteiger charge is 2.19. The van der Waals surface area contributed by atoms with E-state index in [-0.39, 0.29) is 5.76 Å². The molecular weight excluding hydrogens is 276 g/mol. The molecule has 22 heavy (non-hydrogen) atoms. The lowest BCUT2D eigenvalue weighted by Gasteiger charge is -2.18. The van der Waals surface area contributed by atoms with Crippen molar-refractivity contribution < 1.29 is 14.6 Å². The van der Waals surface area contributed by atoms with Crippen LogP contribution in [-0.2, 0) is 9.53 Å². The second-order valence-electron chi connectivity index (χ2n) is 5.31. The van der Waals surface area contributed by atoms with Crippen LogP contribution in [0.3, 0.4) is 0 Å². The highest BCUT2D eigenvalue weighted by atomic mass is 16.5. The number of carbonyl (C=O) groups excluding carboxylic acids is 1. The molecule has 0 aliphatic heterocycles. The molecule has 0 heterocycles. The molecule has 1 atom stereocenters. The summed E-state index contributed by atoms with van der Waals surface area (Å²) in [5.41, 5.74) is 4.73. The third-order valence-electron chi connectivity index (χ3n) is 3.52. The van der Waals surface area contributed by atoms with Crippen LogP contribution in [0.1, 0.15) is 29.2 Å². The number of benzene rings is 2. The summed E-state index contributed by atoms with van der Waals surface area (Å²) in [6, 6.07) is 15.7. The molecule has 3 heteroatoms. The average molecular weight is 296 g/mol. The standard InChI is InChI=1S/C19H20O3/c1-13-7-6-9-16(11-13)18(19(15(3)21)22-12-20)17-10-5-4-8-14(17)2/h4-12,15,21H,1-3H3/b19-18-. The Kier molecular flexibility index (Phi) is 5.12. The molecule has 0 fully saturated rings. The normalized spacial score (nSPS) is 13.3. The summed E-state index contributed by atoms with van der Waals surface area (Å²) in [6.45, 7) is 5.94. The fraction of sp³-hybridized carbons (Fsp3) is 0.211. The van der Waals surface area contributed by atoms with E-state index in [1.165, 1.54) is 0 Å². The van der Waals surface area contributed by atoms with Crippen molar-refractivity contribution >= 4 is 12.0 Å². The van der Waals surface area contributed by atoms with Crippen LogP contribution in [0.5, 0.6) is 0 Å². The molecule has 1 unspecified atom stereocenters. The maximum absolute atomic E-state index is 10.9. The molecule has 2 rings (SSSR count). The van der Waals surface area contributed by atoms with E-state index in [1.807, 2.05) is 62.4 Å². The molecule has 3 nitrogen and oxygen atoms in total. The number of carbonyl (C=O) groups is 1. The SMILES string of the molecule is Cc1cccc(/C(=C(/OC=O)C(C)O)c2ccccc2C)c1. The lowest BCUT2D eigenvalue weighted by Crippen LogP contribution is -2.12. The molecule has 2 aromatic rings. The van der Waals surface area contributed by atoms with Gasteiger partial charge in [-0.1, -0.05) is 54.1 Å². The van der Waals surface area contributed by atoms with Gasteiger partial charge in [0.05, 0.1) is 0 Å². The van der Waals surface area contributed by atoms with Gasteiger partial charge in [-0.25, -0.2) is 0 Å². The molecule has 0 amide bonds. The van der Waals surface area contributed by atoms with Crippen molar-refractivity contribution in [3.8, 4) is 0 Å². The number of hydrogen-bond donors (Lipinski definition) is 1. The van der Waals surface area contributed by atoms with Crippen molar-refractivity contribution in [2.24, 2.45) is 0 Å². The van der Waals surface area contributed by atoms with E-state index < -0.39 is 6.10 Å². The van der Waals surface area contributed by atoms with E-state index in [1.54, 1.807) is 6.92 Å². The molecule has 0 aromatic heterocycles. The first-order valence-electron chi connectivity index (χ1n) is 7.20. The first kappa shape index (κ1) is 16.0. The smallest absolute Gasteiger partial charge is 0.298 e. The number of hydrogen-bond acceptors (Lipinski definition) is 3. The summed E-state index contributed by atoms with van der Waals surface area (Å²) in [6.07, 6.45) is -0.889. The number of rotatable bonds is 5. The van der Waals surface area contributed by atoms with Crippen molar-refractivity contribution in [1.82, 2.24) is 0 Å². The summed E-state index contributed by atoms with van der Waals surface area (Å²) in [5, 5.41) is 10.1.